The van der Waals surface area contributed by atoms with Crippen LogP contribution in [0, 0.1) is 0 Å². The van der Waals surface area contributed by atoms with Crippen LogP contribution in [-0.2, 0) is 7.05 Å². The van der Waals surface area contributed by atoms with Crippen molar-refractivity contribution in [3.8, 4) is 5.75 Å². The van der Waals surface area contributed by atoms with Gasteiger partial charge in [-0.05, 0) is 18.2 Å². The Labute approximate surface area is 118 Å². The highest BCUT2D eigenvalue weighted by molar-refractivity contribution is 6.07. The highest BCUT2D eigenvalue weighted by atomic mass is 16.5. The van der Waals surface area contributed by atoms with Gasteiger partial charge in [-0.2, -0.15) is 0 Å². The summed E-state index contributed by atoms with van der Waals surface area (Å²) in [5.74, 6) is 0.878. The topological polar surface area (TPSA) is 46.5 Å². The zero-order valence-electron chi connectivity index (χ0n) is 11.8. The van der Waals surface area contributed by atoms with Crippen molar-refractivity contribution in [3.05, 3.63) is 30.0 Å². The molecule has 5 nitrogen and oxygen atoms in total. The van der Waals surface area contributed by atoms with Crippen LogP contribution in [-0.4, -0.2) is 48.7 Å². The van der Waals surface area contributed by atoms with E-state index >= 15 is 0 Å². The number of carbonyl (C=O) groups is 1. The molecular formula is C15H19N3O2. The first-order chi connectivity index (χ1) is 9.70. The van der Waals surface area contributed by atoms with Crippen molar-refractivity contribution >= 4 is 16.8 Å². The summed E-state index contributed by atoms with van der Waals surface area (Å²) in [6.07, 6.45) is 1.91. The van der Waals surface area contributed by atoms with E-state index < -0.39 is 0 Å². The maximum atomic E-state index is 12.7. The molecule has 1 aromatic carbocycles. The summed E-state index contributed by atoms with van der Waals surface area (Å²) in [6, 6.07) is 5.84. The number of amides is 1. The van der Waals surface area contributed by atoms with E-state index in [1.54, 1.807) is 7.11 Å². The fraction of sp³-hybridized carbons (Fsp3) is 0.400. The minimum atomic E-state index is 0.102. The van der Waals surface area contributed by atoms with Gasteiger partial charge >= 0.3 is 0 Å². The SMILES string of the molecule is COc1ccc2c(c1)c(C(=O)N1CCNCC1)cn2C. The molecule has 0 atom stereocenters. The van der Waals surface area contributed by atoms with Crippen LogP contribution in [0.5, 0.6) is 5.75 Å². The first-order valence-electron chi connectivity index (χ1n) is 6.84. The zero-order valence-corrected chi connectivity index (χ0v) is 11.8. The molecule has 0 radical (unpaired) electrons. The van der Waals surface area contributed by atoms with Gasteiger partial charge in [-0.15, -0.1) is 0 Å². The van der Waals surface area contributed by atoms with Gasteiger partial charge < -0.3 is 19.5 Å². The summed E-state index contributed by atoms with van der Waals surface area (Å²) in [6.45, 7) is 3.25. The number of benzene rings is 1. The number of nitrogens with zero attached hydrogens (tertiary/aromatic N) is 2. The second-order valence-corrected chi connectivity index (χ2v) is 5.08. The summed E-state index contributed by atoms with van der Waals surface area (Å²) in [5, 5.41) is 4.22. The van der Waals surface area contributed by atoms with Gasteiger partial charge in [0.2, 0.25) is 0 Å². The van der Waals surface area contributed by atoms with Crippen molar-refractivity contribution < 1.29 is 9.53 Å². The summed E-state index contributed by atoms with van der Waals surface area (Å²) in [4.78, 5) is 14.6. The molecule has 0 unspecified atom stereocenters. The number of aromatic nitrogens is 1. The van der Waals surface area contributed by atoms with Crippen LogP contribution in [0.2, 0.25) is 0 Å². The lowest BCUT2D eigenvalue weighted by molar-refractivity contribution is 0.0737. The average molecular weight is 273 g/mol. The minimum Gasteiger partial charge on any atom is -0.497 e. The van der Waals surface area contributed by atoms with Crippen LogP contribution >= 0.6 is 0 Å². The van der Waals surface area contributed by atoms with Crippen LogP contribution in [0.3, 0.4) is 0 Å². The first-order valence-corrected chi connectivity index (χ1v) is 6.84. The minimum absolute atomic E-state index is 0.102. The van der Waals surface area contributed by atoms with Crippen molar-refractivity contribution in [1.29, 1.82) is 0 Å². The molecule has 1 aromatic heterocycles. The van der Waals surface area contributed by atoms with Crippen LogP contribution in [0.1, 0.15) is 10.4 Å². The van der Waals surface area contributed by atoms with E-state index in [1.165, 1.54) is 0 Å². The predicted octanol–water partition coefficient (Wildman–Crippen LogP) is 1.23. The fourth-order valence-electron chi connectivity index (χ4n) is 2.71. The van der Waals surface area contributed by atoms with Gasteiger partial charge in [-0.1, -0.05) is 0 Å². The number of ether oxygens (including phenoxy) is 1. The number of carbonyl (C=O) groups excluding carboxylic acids is 1. The standard InChI is InChI=1S/C15H19N3O2/c1-17-10-13(15(19)18-7-5-16-6-8-18)12-9-11(20-2)3-4-14(12)17/h3-4,9-10,16H,5-8H2,1-2H3. The monoisotopic (exact) mass is 273 g/mol. The van der Waals surface area contributed by atoms with Crippen molar-refractivity contribution in [2.45, 2.75) is 0 Å². The molecule has 5 heteroatoms. The number of fused-ring (bicyclic) bond motifs is 1. The van der Waals surface area contributed by atoms with Gasteiger partial charge in [-0.3, -0.25) is 4.79 Å². The normalized spacial score (nSPS) is 15.6. The van der Waals surface area contributed by atoms with Crippen LogP contribution in [0.4, 0.5) is 0 Å². The molecule has 0 saturated carbocycles. The quantitative estimate of drug-likeness (QED) is 0.895. The third-order valence-corrected chi connectivity index (χ3v) is 3.83. The van der Waals surface area contributed by atoms with E-state index in [4.69, 9.17) is 4.74 Å². The summed E-state index contributed by atoms with van der Waals surface area (Å²) >= 11 is 0. The van der Waals surface area contributed by atoms with E-state index in [0.717, 1.165) is 48.4 Å². The number of hydrogen-bond acceptors (Lipinski definition) is 3. The molecule has 1 aliphatic heterocycles. The summed E-state index contributed by atoms with van der Waals surface area (Å²) in [7, 11) is 3.60. The third-order valence-electron chi connectivity index (χ3n) is 3.83. The van der Waals surface area contributed by atoms with E-state index in [0.29, 0.717) is 0 Å². The molecule has 3 rings (SSSR count). The van der Waals surface area contributed by atoms with Gasteiger partial charge in [0.15, 0.2) is 0 Å². The van der Waals surface area contributed by atoms with Crippen molar-refractivity contribution in [1.82, 2.24) is 14.8 Å². The Bertz CT molecular complexity index is 642. The molecule has 1 aliphatic rings. The van der Waals surface area contributed by atoms with Crippen molar-refractivity contribution in [3.63, 3.8) is 0 Å². The highest BCUT2D eigenvalue weighted by Crippen LogP contribution is 2.26. The molecule has 2 heterocycles. The Kier molecular flexibility index (Phi) is 3.36. The highest BCUT2D eigenvalue weighted by Gasteiger charge is 2.21. The molecular weight excluding hydrogens is 254 g/mol. The number of methoxy groups -OCH3 is 1. The lowest BCUT2D eigenvalue weighted by Gasteiger charge is -2.27. The van der Waals surface area contributed by atoms with Crippen molar-refractivity contribution in [2.75, 3.05) is 33.3 Å². The number of aryl methyl sites for hydroxylation is 1. The van der Waals surface area contributed by atoms with Crippen molar-refractivity contribution in [2.24, 2.45) is 7.05 Å². The van der Waals surface area contributed by atoms with E-state index in [2.05, 4.69) is 5.32 Å². The molecule has 2 aromatic rings. The molecule has 0 spiro atoms. The average Bonchev–Trinajstić information content (AvgIpc) is 2.84. The molecule has 20 heavy (non-hydrogen) atoms. The maximum absolute atomic E-state index is 12.7. The van der Waals surface area contributed by atoms with E-state index in [-0.39, 0.29) is 5.91 Å². The van der Waals surface area contributed by atoms with E-state index in [9.17, 15) is 4.79 Å². The Morgan fingerprint density at radius 2 is 2.05 bits per heavy atom. The molecule has 0 aliphatic carbocycles. The number of piperazine rings is 1. The van der Waals surface area contributed by atoms with Gasteiger partial charge in [0.1, 0.15) is 5.75 Å². The number of nitrogens with one attached hydrogen (secondary N) is 1. The molecule has 0 bridgehead atoms. The molecule has 1 amide bonds. The van der Waals surface area contributed by atoms with Crippen LogP contribution < -0.4 is 10.1 Å². The predicted molar refractivity (Wildman–Crippen MR) is 78.2 cm³/mol. The fourth-order valence-corrected chi connectivity index (χ4v) is 2.71. The lowest BCUT2D eigenvalue weighted by Crippen LogP contribution is -2.46. The summed E-state index contributed by atoms with van der Waals surface area (Å²) in [5.41, 5.74) is 1.80. The number of rotatable bonds is 2. The smallest absolute Gasteiger partial charge is 0.256 e. The molecule has 1 fully saturated rings. The van der Waals surface area contributed by atoms with Gasteiger partial charge in [0.05, 0.1) is 12.7 Å². The summed E-state index contributed by atoms with van der Waals surface area (Å²) < 4.78 is 7.26. The largest absolute Gasteiger partial charge is 0.497 e. The molecule has 1 N–H and O–H groups in total. The zero-order chi connectivity index (χ0) is 14.1. The Morgan fingerprint density at radius 1 is 1.30 bits per heavy atom. The van der Waals surface area contributed by atoms with E-state index in [1.807, 2.05) is 40.9 Å². The van der Waals surface area contributed by atoms with Crippen LogP contribution in [0.15, 0.2) is 24.4 Å². The van der Waals surface area contributed by atoms with Gasteiger partial charge in [0, 0.05) is 50.3 Å². The maximum Gasteiger partial charge on any atom is 0.256 e. The third kappa shape index (κ3) is 2.14. The Morgan fingerprint density at radius 3 is 2.75 bits per heavy atom. The molecule has 106 valence electrons. The first kappa shape index (κ1) is 13.0. The van der Waals surface area contributed by atoms with Crippen LogP contribution in [0.25, 0.3) is 10.9 Å². The second-order valence-electron chi connectivity index (χ2n) is 5.08. The lowest BCUT2D eigenvalue weighted by atomic mass is 10.1. The number of hydrogen-bond donors (Lipinski definition) is 1. The Balaban J connectivity index is 2.03. The molecule has 1 saturated heterocycles. The van der Waals surface area contributed by atoms with Gasteiger partial charge in [-0.25, -0.2) is 0 Å². The Hall–Kier alpha value is -2.01. The second kappa shape index (κ2) is 5.17. The van der Waals surface area contributed by atoms with Gasteiger partial charge in [0.25, 0.3) is 5.91 Å².